The molecule has 28 heavy (non-hydrogen) atoms. The lowest BCUT2D eigenvalue weighted by Gasteiger charge is -2.31. The van der Waals surface area contributed by atoms with Crippen LogP contribution in [0.4, 0.5) is 4.79 Å². The van der Waals surface area contributed by atoms with Crippen molar-refractivity contribution in [3.63, 3.8) is 0 Å². The lowest BCUT2D eigenvalue weighted by atomic mass is 9.96. The van der Waals surface area contributed by atoms with Crippen molar-refractivity contribution in [1.82, 2.24) is 10.2 Å². The number of ether oxygens (including phenoxy) is 1. The highest BCUT2D eigenvalue weighted by Crippen LogP contribution is 2.36. The molecule has 1 saturated heterocycles. The van der Waals surface area contributed by atoms with Crippen LogP contribution in [0.2, 0.25) is 0 Å². The number of amides is 2. The van der Waals surface area contributed by atoms with E-state index in [1.165, 1.54) is 23.8 Å². The Kier molecular flexibility index (Phi) is 6.60. The van der Waals surface area contributed by atoms with E-state index >= 15 is 0 Å². The average molecular weight is 447 g/mol. The molecule has 1 aromatic carbocycles. The van der Waals surface area contributed by atoms with E-state index in [9.17, 15) is 9.59 Å². The number of methoxy groups -OCH3 is 1. The van der Waals surface area contributed by atoms with Crippen molar-refractivity contribution in [2.45, 2.75) is 45.2 Å². The van der Waals surface area contributed by atoms with E-state index in [0.717, 1.165) is 30.3 Å². The van der Waals surface area contributed by atoms with Crippen LogP contribution in [0.15, 0.2) is 46.5 Å². The topological polar surface area (TPSA) is 58.6 Å². The molecule has 2 amide bonds. The summed E-state index contributed by atoms with van der Waals surface area (Å²) in [4.78, 5) is 26.8. The number of benzene rings is 1. The third kappa shape index (κ3) is 4.49. The molecule has 0 aromatic heterocycles. The van der Waals surface area contributed by atoms with Crippen LogP contribution in [0.1, 0.15) is 38.7 Å². The summed E-state index contributed by atoms with van der Waals surface area (Å²) >= 11 is 3.48. The lowest BCUT2D eigenvalue weighted by Crippen LogP contribution is -2.52. The molecule has 1 N–H and O–H groups in total. The Hall–Kier alpha value is -2.08. The first-order valence-electron chi connectivity index (χ1n) is 9.71. The smallest absolute Gasteiger partial charge is 0.407 e. The highest BCUT2D eigenvalue weighted by molar-refractivity contribution is 9.10. The molecule has 5 nitrogen and oxygen atoms in total. The molecule has 150 valence electrons. The minimum Gasteiger partial charge on any atom is -0.453 e. The summed E-state index contributed by atoms with van der Waals surface area (Å²) in [5.74, 6) is -0.0391. The number of likely N-dealkylation sites (tertiary alicyclic amines) is 1. The lowest BCUT2D eigenvalue weighted by molar-refractivity contribution is -0.134. The molecule has 1 unspecified atom stereocenters. The third-order valence-corrected chi connectivity index (χ3v) is 5.99. The predicted octanol–water partition coefficient (Wildman–Crippen LogP) is 4.53. The molecule has 0 spiro atoms. The van der Waals surface area contributed by atoms with E-state index in [1.54, 1.807) is 0 Å². The molecular formula is C22H27BrN2O3. The summed E-state index contributed by atoms with van der Waals surface area (Å²) in [5, 5.41) is 2.70. The summed E-state index contributed by atoms with van der Waals surface area (Å²) < 4.78 is 5.76. The van der Waals surface area contributed by atoms with Crippen LogP contribution >= 0.6 is 15.9 Å². The van der Waals surface area contributed by atoms with Gasteiger partial charge in [0.2, 0.25) is 5.91 Å². The first-order chi connectivity index (χ1) is 13.4. The number of carbonyl (C=O) groups is 2. The van der Waals surface area contributed by atoms with Crippen molar-refractivity contribution in [3.8, 4) is 0 Å². The maximum atomic E-state index is 13.2. The Balaban J connectivity index is 1.70. The van der Waals surface area contributed by atoms with Crippen LogP contribution in [0, 0.1) is 5.92 Å². The van der Waals surface area contributed by atoms with Crippen molar-refractivity contribution in [2.24, 2.45) is 5.92 Å². The van der Waals surface area contributed by atoms with Gasteiger partial charge in [-0.3, -0.25) is 4.79 Å². The Labute approximate surface area is 174 Å². The Bertz CT molecular complexity index is 799. The van der Waals surface area contributed by atoms with Gasteiger partial charge in [-0.15, -0.1) is 0 Å². The zero-order valence-corrected chi connectivity index (χ0v) is 18.2. The van der Waals surface area contributed by atoms with Gasteiger partial charge in [0, 0.05) is 11.0 Å². The Morgan fingerprint density at radius 1 is 1.21 bits per heavy atom. The van der Waals surface area contributed by atoms with Crippen LogP contribution in [-0.4, -0.2) is 42.6 Å². The zero-order chi connectivity index (χ0) is 20.3. The molecular weight excluding hydrogens is 420 g/mol. The molecule has 1 aliphatic heterocycles. The van der Waals surface area contributed by atoms with Gasteiger partial charge in [0.05, 0.1) is 13.2 Å². The maximum Gasteiger partial charge on any atom is 0.407 e. The SMILES string of the molecule is COC(=O)N[C@H](C(=O)N1CCCC1C1=CC=C(c2ccc(Br)cc2)C1)C(C)C. The van der Waals surface area contributed by atoms with E-state index < -0.39 is 12.1 Å². The normalized spacial score (nSPS) is 20.0. The Morgan fingerprint density at radius 2 is 1.93 bits per heavy atom. The van der Waals surface area contributed by atoms with Crippen molar-refractivity contribution < 1.29 is 14.3 Å². The number of halogens is 1. The maximum absolute atomic E-state index is 13.2. The monoisotopic (exact) mass is 446 g/mol. The standard InChI is InChI=1S/C22H27BrN2O3/c1-14(2)20(24-22(27)28-3)21(26)25-12-4-5-19(25)17-7-6-16(13-17)15-8-10-18(23)11-9-15/h6-11,14,19-20H,4-5,12-13H2,1-3H3,(H,24,27)/t19?,20-/m0/s1. The Morgan fingerprint density at radius 3 is 2.57 bits per heavy atom. The first-order valence-corrected chi connectivity index (χ1v) is 10.5. The average Bonchev–Trinajstić information content (AvgIpc) is 3.34. The summed E-state index contributed by atoms with van der Waals surface area (Å²) in [6.07, 6.45) is 6.54. The zero-order valence-electron chi connectivity index (χ0n) is 16.6. The van der Waals surface area contributed by atoms with Gasteiger partial charge in [-0.2, -0.15) is 0 Å². The van der Waals surface area contributed by atoms with Crippen molar-refractivity contribution in [1.29, 1.82) is 0 Å². The molecule has 0 bridgehead atoms. The van der Waals surface area contributed by atoms with Crippen molar-refractivity contribution in [2.75, 3.05) is 13.7 Å². The van der Waals surface area contributed by atoms with Gasteiger partial charge >= 0.3 is 6.09 Å². The third-order valence-electron chi connectivity index (χ3n) is 5.46. The molecule has 1 aromatic rings. The van der Waals surface area contributed by atoms with Crippen LogP contribution in [0.5, 0.6) is 0 Å². The molecule has 6 heteroatoms. The molecule has 1 fully saturated rings. The van der Waals surface area contributed by atoms with Crippen LogP contribution in [0.25, 0.3) is 5.57 Å². The van der Waals surface area contributed by atoms with Crippen LogP contribution in [-0.2, 0) is 9.53 Å². The predicted molar refractivity (Wildman–Crippen MR) is 114 cm³/mol. The number of carbonyl (C=O) groups excluding carboxylic acids is 2. The van der Waals surface area contributed by atoms with Gasteiger partial charge in [-0.05, 0) is 54.0 Å². The number of hydrogen-bond donors (Lipinski definition) is 1. The second-order valence-electron chi connectivity index (χ2n) is 7.66. The van der Waals surface area contributed by atoms with E-state index in [0.29, 0.717) is 0 Å². The first kappa shape index (κ1) is 20.6. The highest BCUT2D eigenvalue weighted by Gasteiger charge is 2.37. The number of alkyl carbamates (subject to hydrolysis) is 1. The van der Waals surface area contributed by atoms with E-state index in [-0.39, 0.29) is 17.9 Å². The fourth-order valence-electron chi connectivity index (χ4n) is 3.93. The number of rotatable bonds is 5. The molecule has 0 radical (unpaired) electrons. The number of nitrogens with zero attached hydrogens (tertiary/aromatic N) is 1. The summed E-state index contributed by atoms with van der Waals surface area (Å²) in [5.41, 5.74) is 3.75. The van der Waals surface area contributed by atoms with E-state index in [4.69, 9.17) is 4.74 Å². The highest BCUT2D eigenvalue weighted by atomic mass is 79.9. The minimum absolute atomic E-state index is 0.0122. The molecule has 3 rings (SSSR count). The van der Waals surface area contributed by atoms with Gasteiger partial charge in [-0.25, -0.2) is 4.79 Å². The minimum atomic E-state index is -0.575. The van der Waals surface area contributed by atoms with Gasteiger partial charge < -0.3 is 15.0 Å². The summed E-state index contributed by atoms with van der Waals surface area (Å²) in [6, 6.07) is 7.83. The molecule has 2 aliphatic rings. The summed E-state index contributed by atoms with van der Waals surface area (Å²) in [7, 11) is 1.31. The van der Waals surface area contributed by atoms with E-state index in [1.807, 2.05) is 30.9 Å². The second-order valence-corrected chi connectivity index (χ2v) is 8.58. The summed E-state index contributed by atoms with van der Waals surface area (Å²) in [6.45, 7) is 4.60. The fraction of sp³-hybridized carbons (Fsp3) is 0.455. The molecule has 2 atom stereocenters. The van der Waals surface area contributed by atoms with Crippen LogP contribution in [0.3, 0.4) is 0 Å². The second kappa shape index (κ2) is 8.95. The molecule has 1 heterocycles. The van der Waals surface area contributed by atoms with E-state index in [2.05, 4.69) is 45.5 Å². The number of allylic oxidation sites excluding steroid dienone is 3. The van der Waals surface area contributed by atoms with Crippen molar-refractivity contribution >= 4 is 33.5 Å². The largest absolute Gasteiger partial charge is 0.453 e. The number of nitrogens with one attached hydrogen (secondary N) is 1. The molecule has 1 aliphatic carbocycles. The number of hydrogen-bond acceptors (Lipinski definition) is 3. The van der Waals surface area contributed by atoms with Gasteiger partial charge in [0.15, 0.2) is 0 Å². The van der Waals surface area contributed by atoms with Gasteiger partial charge in [0.25, 0.3) is 0 Å². The van der Waals surface area contributed by atoms with Gasteiger partial charge in [-0.1, -0.05) is 54.1 Å². The van der Waals surface area contributed by atoms with Gasteiger partial charge in [0.1, 0.15) is 6.04 Å². The van der Waals surface area contributed by atoms with Crippen molar-refractivity contribution in [3.05, 3.63) is 52.0 Å². The van der Waals surface area contributed by atoms with Crippen LogP contribution < -0.4 is 5.32 Å². The fourth-order valence-corrected chi connectivity index (χ4v) is 4.19. The quantitative estimate of drug-likeness (QED) is 0.722. The molecule has 0 saturated carbocycles.